The van der Waals surface area contributed by atoms with Crippen molar-refractivity contribution in [3.05, 3.63) is 30.0 Å². The van der Waals surface area contributed by atoms with Crippen LogP contribution in [0.15, 0.2) is 24.3 Å². The largest absolute Gasteiger partial charge is 0.383 e. The highest BCUT2D eigenvalue weighted by atomic mass is 16.5. The molecule has 2 aromatic rings. The molecule has 108 valence electrons. The minimum atomic E-state index is -0.175. The zero-order valence-corrected chi connectivity index (χ0v) is 11.8. The fraction of sp³-hybridized carbons (Fsp3) is 0.429. The van der Waals surface area contributed by atoms with Gasteiger partial charge in [-0.3, -0.25) is 9.48 Å². The van der Waals surface area contributed by atoms with Crippen LogP contribution < -0.4 is 11.1 Å². The van der Waals surface area contributed by atoms with Crippen LogP contribution in [0, 0.1) is 0 Å². The standard InChI is InChI=1S/C14H20N4O2/c1-18-12-6-4-3-5-11(12)13(17-18)14(19)16-8-7-10(15)9-20-2/h3-6,10H,7-9,15H2,1-2H3,(H,16,19). The smallest absolute Gasteiger partial charge is 0.272 e. The van der Waals surface area contributed by atoms with Gasteiger partial charge in [-0.2, -0.15) is 5.10 Å². The molecule has 6 heteroatoms. The quantitative estimate of drug-likeness (QED) is 0.812. The van der Waals surface area contributed by atoms with Crippen molar-refractivity contribution in [2.45, 2.75) is 12.5 Å². The fourth-order valence-electron chi connectivity index (χ4n) is 2.13. The summed E-state index contributed by atoms with van der Waals surface area (Å²) in [5.41, 5.74) is 7.19. The van der Waals surface area contributed by atoms with Crippen LogP contribution in [0.25, 0.3) is 10.9 Å². The van der Waals surface area contributed by atoms with Gasteiger partial charge in [0.25, 0.3) is 5.91 Å². The topological polar surface area (TPSA) is 82.2 Å². The number of amides is 1. The first kappa shape index (κ1) is 14.5. The second-order valence-corrected chi connectivity index (χ2v) is 4.75. The molecule has 0 radical (unpaired) electrons. The lowest BCUT2D eigenvalue weighted by atomic mass is 10.2. The summed E-state index contributed by atoms with van der Waals surface area (Å²) in [6, 6.07) is 7.59. The Kier molecular flexibility index (Phi) is 4.70. The first-order valence-electron chi connectivity index (χ1n) is 6.58. The number of methoxy groups -OCH3 is 1. The summed E-state index contributed by atoms with van der Waals surface area (Å²) in [6.45, 7) is 0.997. The lowest BCUT2D eigenvalue weighted by Crippen LogP contribution is -2.33. The maximum absolute atomic E-state index is 12.2. The fourth-order valence-corrected chi connectivity index (χ4v) is 2.13. The van der Waals surface area contributed by atoms with E-state index in [9.17, 15) is 4.79 Å². The highest BCUT2D eigenvalue weighted by Gasteiger charge is 2.15. The molecule has 1 unspecified atom stereocenters. The SMILES string of the molecule is COCC(N)CCNC(=O)c1nn(C)c2ccccc12. The molecule has 1 aromatic carbocycles. The van der Waals surface area contributed by atoms with Crippen molar-refractivity contribution in [2.24, 2.45) is 12.8 Å². The van der Waals surface area contributed by atoms with E-state index in [-0.39, 0.29) is 11.9 Å². The second-order valence-electron chi connectivity index (χ2n) is 4.75. The van der Waals surface area contributed by atoms with Crippen LogP contribution in [0.2, 0.25) is 0 Å². The van der Waals surface area contributed by atoms with Crippen molar-refractivity contribution in [1.82, 2.24) is 15.1 Å². The van der Waals surface area contributed by atoms with Crippen LogP contribution in [-0.2, 0) is 11.8 Å². The summed E-state index contributed by atoms with van der Waals surface area (Å²) in [6.07, 6.45) is 0.671. The summed E-state index contributed by atoms with van der Waals surface area (Å²) in [4.78, 5) is 12.2. The number of benzene rings is 1. The summed E-state index contributed by atoms with van der Waals surface area (Å²) < 4.78 is 6.66. The van der Waals surface area contributed by atoms with Crippen LogP contribution in [0.3, 0.4) is 0 Å². The number of hydrogen-bond donors (Lipinski definition) is 2. The Morgan fingerprint density at radius 2 is 2.25 bits per heavy atom. The Hall–Kier alpha value is -1.92. The Bertz CT molecular complexity index is 594. The van der Waals surface area contributed by atoms with E-state index in [1.165, 1.54) is 0 Å². The highest BCUT2D eigenvalue weighted by molar-refractivity contribution is 6.04. The highest BCUT2D eigenvalue weighted by Crippen LogP contribution is 2.17. The predicted octanol–water partition coefficient (Wildman–Crippen LogP) is 0.667. The zero-order valence-electron chi connectivity index (χ0n) is 11.8. The number of aromatic nitrogens is 2. The average molecular weight is 276 g/mol. The van der Waals surface area contributed by atoms with Gasteiger partial charge in [-0.05, 0) is 12.5 Å². The number of rotatable bonds is 6. The van der Waals surface area contributed by atoms with Crippen molar-refractivity contribution in [3.8, 4) is 0 Å². The van der Waals surface area contributed by atoms with Gasteiger partial charge in [-0.15, -0.1) is 0 Å². The van der Waals surface area contributed by atoms with Gasteiger partial charge >= 0.3 is 0 Å². The van der Waals surface area contributed by atoms with Crippen LogP contribution >= 0.6 is 0 Å². The van der Waals surface area contributed by atoms with Gasteiger partial charge in [-0.25, -0.2) is 0 Å². The van der Waals surface area contributed by atoms with E-state index < -0.39 is 0 Å². The summed E-state index contributed by atoms with van der Waals surface area (Å²) >= 11 is 0. The molecule has 1 amide bonds. The number of nitrogens with zero attached hydrogens (tertiary/aromatic N) is 2. The number of carbonyl (C=O) groups excluding carboxylic acids is 1. The molecule has 0 aliphatic carbocycles. The van der Waals surface area contributed by atoms with E-state index in [1.54, 1.807) is 11.8 Å². The third-order valence-electron chi connectivity index (χ3n) is 3.15. The van der Waals surface area contributed by atoms with Gasteiger partial charge in [0.2, 0.25) is 0 Å². The number of nitrogens with one attached hydrogen (secondary N) is 1. The lowest BCUT2D eigenvalue weighted by molar-refractivity contribution is 0.0946. The summed E-state index contributed by atoms with van der Waals surface area (Å²) in [7, 11) is 3.44. The van der Waals surface area contributed by atoms with Crippen molar-refractivity contribution in [2.75, 3.05) is 20.3 Å². The average Bonchev–Trinajstić information content (AvgIpc) is 2.77. The molecule has 6 nitrogen and oxygen atoms in total. The molecule has 1 aromatic heterocycles. The van der Waals surface area contributed by atoms with Gasteiger partial charge in [-0.1, -0.05) is 18.2 Å². The summed E-state index contributed by atoms with van der Waals surface area (Å²) in [5, 5.41) is 7.97. The number of carbonyl (C=O) groups is 1. The third kappa shape index (κ3) is 3.15. The number of hydrogen-bond acceptors (Lipinski definition) is 4. The van der Waals surface area contributed by atoms with Crippen LogP contribution in [0.5, 0.6) is 0 Å². The molecule has 0 aliphatic rings. The van der Waals surface area contributed by atoms with E-state index in [1.807, 2.05) is 31.3 Å². The number of nitrogens with two attached hydrogens (primary N) is 1. The Morgan fingerprint density at radius 3 is 3.00 bits per heavy atom. The monoisotopic (exact) mass is 276 g/mol. The molecule has 0 aliphatic heterocycles. The molecule has 2 rings (SSSR count). The lowest BCUT2D eigenvalue weighted by Gasteiger charge is -2.10. The molecule has 0 saturated carbocycles. The third-order valence-corrected chi connectivity index (χ3v) is 3.15. The summed E-state index contributed by atoms with van der Waals surface area (Å²) in [5.74, 6) is -0.175. The molecule has 1 heterocycles. The van der Waals surface area contributed by atoms with E-state index in [2.05, 4.69) is 10.4 Å². The van der Waals surface area contributed by atoms with Gasteiger partial charge < -0.3 is 15.8 Å². The number of aryl methyl sites for hydroxylation is 1. The first-order valence-corrected chi connectivity index (χ1v) is 6.58. The molecular formula is C14H20N4O2. The molecule has 20 heavy (non-hydrogen) atoms. The van der Waals surface area contributed by atoms with Gasteiger partial charge in [0.05, 0.1) is 12.1 Å². The van der Waals surface area contributed by atoms with Crippen LogP contribution in [0.4, 0.5) is 0 Å². The van der Waals surface area contributed by atoms with Crippen molar-refractivity contribution in [1.29, 1.82) is 0 Å². The zero-order chi connectivity index (χ0) is 14.5. The molecule has 0 fully saturated rings. The Morgan fingerprint density at radius 1 is 1.50 bits per heavy atom. The Labute approximate surface area is 117 Å². The number of para-hydroxylation sites is 1. The van der Waals surface area contributed by atoms with Crippen LogP contribution in [0.1, 0.15) is 16.9 Å². The van der Waals surface area contributed by atoms with Crippen molar-refractivity contribution in [3.63, 3.8) is 0 Å². The molecular weight excluding hydrogens is 256 g/mol. The predicted molar refractivity (Wildman–Crippen MR) is 77.5 cm³/mol. The van der Waals surface area contributed by atoms with E-state index in [0.29, 0.717) is 25.3 Å². The molecule has 0 saturated heterocycles. The minimum Gasteiger partial charge on any atom is -0.383 e. The van der Waals surface area contributed by atoms with E-state index in [0.717, 1.165) is 10.9 Å². The van der Waals surface area contributed by atoms with Gasteiger partial charge in [0.1, 0.15) is 0 Å². The second kappa shape index (κ2) is 6.49. The van der Waals surface area contributed by atoms with E-state index >= 15 is 0 Å². The van der Waals surface area contributed by atoms with Gasteiger partial charge in [0.15, 0.2) is 5.69 Å². The minimum absolute atomic E-state index is 0.0687. The molecule has 1 atom stereocenters. The van der Waals surface area contributed by atoms with Crippen molar-refractivity contribution < 1.29 is 9.53 Å². The van der Waals surface area contributed by atoms with Gasteiger partial charge in [0, 0.05) is 32.1 Å². The molecule has 3 N–H and O–H groups in total. The van der Waals surface area contributed by atoms with Crippen molar-refractivity contribution >= 4 is 16.8 Å². The van der Waals surface area contributed by atoms with Crippen LogP contribution in [-0.4, -0.2) is 42.0 Å². The first-order chi connectivity index (χ1) is 9.63. The Balaban J connectivity index is 2.01. The normalized spacial score (nSPS) is 12.6. The maximum Gasteiger partial charge on any atom is 0.272 e. The van der Waals surface area contributed by atoms with E-state index in [4.69, 9.17) is 10.5 Å². The molecule has 0 spiro atoms. The molecule has 0 bridgehead atoms. The number of ether oxygens (including phenoxy) is 1. The number of fused-ring (bicyclic) bond motifs is 1. The maximum atomic E-state index is 12.2.